The number of anilines is 1. The number of halogens is 1. The lowest BCUT2D eigenvalue weighted by Crippen LogP contribution is -2.47. The van der Waals surface area contributed by atoms with Crippen molar-refractivity contribution in [2.24, 2.45) is 5.92 Å². The molecule has 1 unspecified atom stereocenters. The summed E-state index contributed by atoms with van der Waals surface area (Å²) in [6.45, 7) is 2.32. The van der Waals surface area contributed by atoms with Gasteiger partial charge in [-0.05, 0) is 43.8 Å². The molecule has 132 valence electrons. The molecule has 1 aromatic rings. The normalized spacial score (nSPS) is 23.7. The third kappa shape index (κ3) is 4.43. The van der Waals surface area contributed by atoms with Crippen LogP contribution in [0.4, 0.5) is 5.69 Å². The summed E-state index contributed by atoms with van der Waals surface area (Å²) in [4.78, 5) is 27.6. The summed E-state index contributed by atoms with van der Waals surface area (Å²) in [5, 5.41) is 6.38. The van der Waals surface area contributed by atoms with Crippen LogP contribution in [0, 0.1) is 5.92 Å². The molecule has 5 nitrogen and oxygen atoms in total. The minimum Gasteiger partial charge on any atom is -0.352 e. The molecule has 2 fully saturated rings. The molecule has 0 radical (unpaired) electrons. The van der Waals surface area contributed by atoms with E-state index in [0.717, 1.165) is 36.5 Å². The first-order valence-corrected chi connectivity index (χ1v) is 9.35. The molecule has 24 heavy (non-hydrogen) atoms. The number of rotatable bonds is 4. The second-order valence-corrected chi connectivity index (χ2v) is 7.04. The van der Waals surface area contributed by atoms with Crippen LogP contribution in [0.3, 0.4) is 0 Å². The molecule has 2 amide bonds. The Morgan fingerprint density at radius 2 is 2.25 bits per heavy atom. The van der Waals surface area contributed by atoms with Gasteiger partial charge in [0.25, 0.3) is 0 Å². The van der Waals surface area contributed by atoms with Crippen molar-refractivity contribution in [3.8, 4) is 0 Å². The van der Waals surface area contributed by atoms with Gasteiger partial charge in [-0.1, -0.05) is 6.07 Å². The van der Waals surface area contributed by atoms with Gasteiger partial charge in [0.15, 0.2) is 0 Å². The molecule has 3 rings (SSSR count). The molecule has 2 atom stereocenters. The first-order chi connectivity index (χ1) is 11.2. The molecule has 2 saturated heterocycles. The van der Waals surface area contributed by atoms with Gasteiger partial charge in [-0.25, -0.2) is 0 Å². The van der Waals surface area contributed by atoms with Crippen LogP contribution in [0.15, 0.2) is 29.2 Å². The van der Waals surface area contributed by atoms with Gasteiger partial charge >= 0.3 is 0 Å². The minimum atomic E-state index is -0.248. The van der Waals surface area contributed by atoms with Gasteiger partial charge in [-0.15, -0.1) is 24.2 Å². The van der Waals surface area contributed by atoms with Gasteiger partial charge in [0.05, 0.1) is 5.92 Å². The van der Waals surface area contributed by atoms with Crippen LogP contribution >= 0.6 is 24.2 Å². The summed E-state index contributed by atoms with van der Waals surface area (Å²) in [5.41, 5.74) is 0.886. The van der Waals surface area contributed by atoms with Crippen LogP contribution in [0.1, 0.15) is 19.3 Å². The highest BCUT2D eigenvalue weighted by atomic mass is 35.5. The van der Waals surface area contributed by atoms with Crippen LogP contribution in [0.2, 0.25) is 0 Å². The molecule has 2 aliphatic rings. The molecule has 0 bridgehead atoms. The molecular formula is C17H24ClN3O2S. The average molecular weight is 370 g/mol. The van der Waals surface area contributed by atoms with Crippen molar-refractivity contribution in [3.05, 3.63) is 24.3 Å². The van der Waals surface area contributed by atoms with Crippen LogP contribution in [-0.4, -0.2) is 43.7 Å². The SMILES string of the molecule is CSc1cccc(N2CC(C(=O)N[C@H]3CCCNC3)CC2=O)c1.Cl. The maximum Gasteiger partial charge on any atom is 0.227 e. The van der Waals surface area contributed by atoms with E-state index < -0.39 is 0 Å². The summed E-state index contributed by atoms with van der Waals surface area (Å²) in [5.74, 6) is -0.205. The summed E-state index contributed by atoms with van der Waals surface area (Å²) >= 11 is 1.65. The number of carbonyl (C=O) groups excluding carboxylic acids is 2. The Balaban J connectivity index is 0.00000208. The van der Waals surface area contributed by atoms with E-state index in [4.69, 9.17) is 0 Å². The van der Waals surface area contributed by atoms with Gasteiger partial charge in [-0.2, -0.15) is 0 Å². The second kappa shape index (κ2) is 8.74. The lowest BCUT2D eigenvalue weighted by molar-refractivity contribution is -0.127. The van der Waals surface area contributed by atoms with E-state index in [9.17, 15) is 9.59 Å². The zero-order valence-electron chi connectivity index (χ0n) is 13.8. The number of hydrogen-bond donors (Lipinski definition) is 2. The molecule has 2 aliphatic heterocycles. The highest BCUT2D eigenvalue weighted by Gasteiger charge is 2.35. The Labute approximate surface area is 153 Å². The number of carbonyl (C=O) groups is 2. The molecule has 2 N–H and O–H groups in total. The first kappa shape index (κ1) is 19.1. The van der Waals surface area contributed by atoms with Crippen LogP contribution in [-0.2, 0) is 9.59 Å². The third-order valence-electron chi connectivity index (χ3n) is 4.50. The maximum absolute atomic E-state index is 12.4. The van der Waals surface area contributed by atoms with E-state index in [-0.39, 0.29) is 36.2 Å². The molecule has 7 heteroatoms. The molecule has 0 aliphatic carbocycles. The zero-order valence-corrected chi connectivity index (χ0v) is 15.4. The molecule has 0 saturated carbocycles. The Bertz CT molecular complexity index is 593. The fraction of sp³-hybridized carbons (Fsp3) is 0.529. The highest BCUT2D eigenvalue weighted by Crippen LogP contribution is 2.28. The summed E-state index contributed by atoms with van der Waals surface area (Å²) in [6.07, 6.45) is 4.41. The standard InChI is InChI=1S/C17H23N3O2S.ClH/c1-23-15-6-2-5-14(9-15)20-11-12(8-16(20)21)17(22)19-13-4-3-7-18-10-13;/h2,5-6,9,12-13,18H,3-4,7-8,10-11H2,1H3,(H,19,22);1H/t12?,13-;/m0./s1. The van der Waals surface area contributed by atoms with Crippen molar-refractivity contribution in [2.45, 2.75) is 30.2 Å². The number of nitrogens with one attached hydrogen (secondary N) is 2. The number of hydrogen-bond acceptors (Lipinski definition) is 4. The van der Waals surface area contributed by atoms with Crippen molar-refractivity contribution in [3.63, 3.8) is 0 Å². The van der Waals surface area contributed by atoms with Gasteiger partial charge in [-0.3, -0.25) is 9.59 Å². The predicted molar refractivity (Wildman–Crippen MR) is 100.0 cm³/mol. The molecule has 1 aromatic carbocycles. The number of nitrogens with zero attached hydrogens (tertiary/aromatic N) is 1. The van der Waals surface area contributed by atoms with E-state index in [1.807, 2.05) is 30.5 Å². The maximum atomic E-state index is 12.4. The highest BCUT2D eigenvalue weighted by molar-refractivity contribution is 7.98. The molecule has 2 heterocycles. The van der Waals surface area contributed by atoms with E-state index in [0.29, 0.717) is 13.0 Å². The van der Waals surface area contributed by atoms with Gasteiger partial charge in [0.2, 0.25) is 11.8 Å². The minimum absolute atomic E-state index is 0. The van der Waals surface area contributed by atoms with Crippen molar-refractivity contribution in [2.75, 3.05) is 30.8 Å². The van der Waals surface area contributed by atoms with Crippen molar-refractivity contribution in [1.29, 1.82) is 0 Å². The summed E-state index contributed by atoms with van der Waals surface area (Å²) < 4.78 is 0. The van der Waals surface area contributed by atoms with Gasteiger partial charge in [0, 0.05) is 36.1 Å². The topological polar surface area (TPSA) is 61.4 Å². The van der Waals surface area contributed by atoms with Crippen LogP contribution in [0.25, 0.3) is 0 Å². The first-order valence-electron chi connectivity index (χ1n) is 8.13. The monoisotopic (exact) mass is 369 g/mol. The molecule has 0 spiro atoms. The van der Waals surface area contributed by atoms with Gasteiger partial charge in [0.1, 0.15) is 0 Å². The largest absolute Gasteiger partial charge is 0.352 e. The lowest BCUT2D eigenvalue weighted by atomic mass is 10.0. The van der Waals surface area contributed by atoms with E-state index in [1.165, 1.54) is 0 Å². The summed E-state index contributed by atoms with van der Waals surface area (Å²) in [6, 6.07) is 8.11. The van der Waals surface area contributed by atoms with Crippen LogP contribution < -0.4 is 15.5 Å². The summed E-state index contributed by atoms with van der Waals surface area (Å²) in [7, 11) is 0. The van der Waals surface area contributed by atoms with Crippen molar-refractivity contribution < 1.29 is 9.59 Å². The lowest BCUT2D eigenvalue weighted by Gasteiger charge is -2.25. The van der Waals surface area contributed by atoms with Crippen LogP contribution in [0.5, 0.6) is 0 Å². The Morgan fingerprint density at radius 3 is 2.96 bits per heavy atom. The number of amides is 2. The third-order valence-corrected chi connectivity index (χ3v) is 5.23. The number of benzene rings is 1. The fourth-order valence-corrected chi connectivity index (χ4v) is 3.66. The zero-order chi connectivity index (χ0) is 16.2. The quantitative estimate of drug-likeness (QED) is 0.797. The van der Waals surface area contributed by atoms with Gasteiger partial charge < -0.3 is 15.5 Å². The predicted octanol–water partition coefficient (Wildman–Crippen LogP) is 2.05. The fourth-order valence-electron chi connectivity index (χ4n) is 3.21. The van der Waals surface area contributed by atoms with Crippen molar-refractivity contribution in [1.82, 2.24) is 10.6 Å². The Hall–Kier alpha value is -1.24. The van der Waals surface area contributed by atoms with E-state index >= 15 is 0 Å². The second-order valence-electron chi connectivity index (χ2n) is 6.16. The number of piperidine rings is 1. The molecule has 0 aromatic heterocycles. The molecular weight excluding hydrogens is 346 g/mol. The Morgan fingerprint density at radius 1 is 1.42 bits per heavy atom. The smallest absolute Gasteiger partial charge is 0.227 e. The Kier molecular flexibility index (Phi) is 6.95. The van der Waals surface area contributed by atoms with E-state index in [2.05, 4.69) is 10.6 Å². The number of thioether (sulfide) groups is 1. The van der Waals surface area contributed by atoms with Crippen molar-refractivity contribution >= 4 is 41.7 Å². The van der Waals surface area contributed by atoms with E-state index in [1.54, 1.807) is 16.7 Å². The average Bonchev–Trinajstić information content (AvgIpc) is 2.98.